The van der Waals surface area contributed by atoms with Crippen molar-refractivity contribution in [1.29, 1.82) is 0 Å². The lowest BCUT2D eigenvalue weighted by Crippen LogP contribution is -2.54. The number of nitrogens with one attached hydrogen (secondary N) is 1. The molecule has 2 saturated heterocycles. The summed E-state index contributed by atoms with van der Waals surface area (Å²) in [7, 11) is 2.00. The van der Waals surface area contributed by atoms with Crippen molar-refractivity contribution in [2.75, 3.05) is 52.9 Å². The first-order valence-corrected chi connectivity index (χ1v) is 7.62. The first-order chi connectivity index (χ1) is 9.20. The summed E-state index contributed by atoms with van der Waals surface area (Å²) in [5, 5.41) is 3.27. The van der Waals surface area contributed by atoms with Gasteiger partial charge < -0.3 is 10.2 Å². The molecule has 0 aliphatic carbocycles. The van der Waals surface area contributed by atoms with E-state index >= 15 is 0 Å². The van der Waals surface area contributed by atoms with Crippen molar-refractivity contribution in [2.24, 2.45) is 0 Å². The molecule has 2 aliphatic rings. The Bertz CT molecular complexity index is 283. The van der Waals surface area contributed by atoms with Crippen LogP contribution in [0.4, 0.5) is 0 Å². The van der Waals surface area contributed by atoms with E-state index in [0.29, 0.717) is 18.6 Å². The number of likely N-dealkylation sites (tertiary alicyclic amines) is 1. The van der Waals surface area contributed by atoms with Crippen LogP contribution in [0.5, 0.6) is 0 Å². The van der Waals surface area contributed by atoms with Gasteiger partial charge in [-0.15, -0.1) is 0 Å². The molecule has 110 valence electrons. The van der Waals surface area contributed by atoms with Crippen LogP contribution in [0.15, 0.2) is 0 Å². The summed E-state index contributed by atoms with van der Waals surface area (Å²) in [6.07, 6.45) is 4.07. The van der Waals surface area contributed by atoms with E-state index in [-0.39, 0.29) is 0 Å². The zero-order valence-corrected chi connectivity index (χ0v) is 12.4. The molecule has 19 heavy (non-hydrogen) atoms. The van der Waals surface area contributed by atoms with Gasteiger partial charge in [0.15, 0.2) is 0 Å². The molecule has 0 aromatic rings. The predicted octanol–water partition coefficient (Wildman–Crippen LogP) is 0.182. The number of nitrogens with zero attached hydrogens (tertiary/aromatic N) is 3. The summed E-state index contributed by atoms with van der Waals surface area (Å²) in [6.45, 7) is 8.85. The molecule has 2 fully saturated rings. The Hall–Kier alpha value is -0.650. The molecule has 0 bridgehead atoms. The third kappa shape index (κ3) is 4.16. The van der Waals surface area contributed by atoms with Crippen LogP contribution < -0.4 is 5.32 Å². The fourth-order valence-corrected chi connectivity index (χ4v) is 2.93. The number of rotatable bonds is 4. The van der Waals surface area contributed by atoms with Gasteiger partial charge in [-0.05, 0) is 33.2 Å². The van der Waals surface area contributed by atoms with Gasteiger partial charge in [-0.3, -0.25) is 14.6 Å². The highest BCUT2D eigenvalue weighted by molar-refractivity contribution is 5.78. The van der Waals surface area contributed by atoms with E-state index < -0.39 is 0 Å². The van der Waals surface area contributed by atoms with Gasteiger partial charge in [0.05, 0.1) is 12.7 Å². The minimum absolute atomic E-state index is 0.329. The number of carbonyl (C=O) groups excluding carboxylic acids is 1. The molecule has 2 aliphatic heterocycles. The van der Waals surface area contributed by atoms with Crippen LogP contribution in [-0.4, -0.2) is 79.6 Å². The van der Waals surface area contributed by atoms with Gasteiger partial charge >= 0.3 is 0 Å². The summed E-state index contributed by atoms with van der Waals surface area (Å²) in [6, 6.07) is 0. The third-order valence-electron chi connectivity index (χ3n) is 4.44. The largest absolute Gasteiger partial charge is 0.342 e. The molecule has 0 spiro atoms. The Morgan fingerprint density at radius 2 is 1.68 bits per heavy atom. The van der Waals surface area contributed by atoms with E-state index in [4.69, 9.17) is 0 Å². The summed E-state index contributed by atoms with van der Waals surface area (Å²) in [5.74, 6) is 0.329. The summed E-state index contributed by atoms with van der Waals surface area (Å²) in [4.78, 5) is 19.0. The highest BCUT2D eigenvalue weighted by Crippen LogP contribution is 2.10. The summed E-state index contributed by atoms with van der Waals surface area (Å²) < 4.78 is 0. The number of piperazine rings is 1. The van der Waals surface area contributed by atoms with Crippen LogP contribution in [0.3, 0.4) is 0 Å². The Labute approximate surface area is 116 Å². The molecular formula is C14H28N4O. The van der Waals surface area contributed by atoms with Crippen molar-refractivity contribution < 1.29 is 4.79 Å². The maximum Gasteiger partial charge on any atom is 0.236 e. The van der Waals surface area contributed by atoms with Crippen molar-refractivity contribution in [3.63, 3.8) is 0 Å². The minimum atomic E-state index is 0.329. The lowest BCUT2D eigenvalue weighted by Gasteiger charge is -2.38. The van der Waals surface area contributed by atoms with E-state index in [1.54, 1.807) is 0 Å². The second-order valence-electron chi connectivity index (χ2n) is 5.72. The first kappa shape index (κ1) is 14.8. The molecule has 0 radical (unpaired) electrons. The standard InChI is InChI=1S/C14H28N4O/c1-13(15-2)17-10-8-16(9-11-17)12-14(19)18-6-4-3-5-7-18/h13,15H,3-12H2,1-2H3. The Morgan fingerprint density at radius 3 is 2.26 bits per heavy atom. The topological polar surface area (TPSA) is 38.8 Å². The van der Waals surface area contributed by atoms with E-state index in [0.717, 1.165) is 39.3 Å². The van der Waals surface area contributed by atoms with Gasteiger partial charge in [0.2, 0.25) is 5.91 Å². The van der Waals surface area contributed by atoms with Crippen molar-refractivity contribution in [3.05, 3.63) is 0 Å². The fraction of sp³-hybridized carbons (Fsp3) is 0.929. The zero-order chi connectivity index (χ0) is 13.7. The van der Waals surface area contributed by atoms with Crippen molar-refractivity contribution in [1.82, 2.24) is 20.0 Å². The van der Waals surface area contributed by atoms with Crippen molar-refractivity contribution >= 4 is 5.91 Å². The second-order valence-corrected chi connectivity index (χ2v) is 5.72. The van der Waals surface area contributed by atoms with Gasteiger partial charge in [0.1, 0.15) is 0 Å². The average Bonchev–Trinajstić information content (AvgIpc) is 2.48. The molecule has 0 aromatic heterocycles. The fourth-order valence-electron chi connectivity index (χ4n) is 2.93. The Kier molecular flexibility index (Phi) is 5.60. The monoisotopic (exact) mass is 268 g/mol. The zero-order valence-electron chi connectivity index (χ0n) is 12.4. The normalized spacial score (nSPS) is 24.4. The van der Waals surface area contributed by atoms with Gasteiger partial charge in [0.25, 0.3) is 0 Å². The van der Waals surface area contributed by atoms with Crippen LogP contribution in [0, 0.1) is 0 Å². The number of hydrogen-bond donors (Lipinski definition) is 1. The maximum atomic E-state index is 12.2. The van der Waals surface area contributed by atoms with Crippen molar-refractivity contribution in [2.45, 2.75) is 32.4 Å². The number of carbonyl (C=O) groups is 1. The first-order valence-electron chi connectivity index (χ1n) is 7.62. The second kappa shape index (κ2) is 7.22. The SMILES string of the molecule is CNC(C)N1CCN(CC(=O)N2CCCCC2)CC1. The average molecular weight is 268 g/mol. The van der Waals surface area contributed by atoms with Crippen LogP contribution in [0.1, 0.15) is 26.2 Å². The van der Waals surface area contributed by atoms with Gasteiger partial charge in [-0.1, -0.05) is 0 Å². The molecule has 1 amide bonds. The van der Waals surface area contributed by atoms with Crippen LogP contribution in [0.25, 0.3) is 0 Å². The van der Waals surface area contributed by atoms with Gasteiger partial charge in [-0.2, -0.15) is 0 Å². The molecule has 2 rings (SSSR count). The number of hydrogen-bond acceptors (Lipinski definition) is 4. The van der Waals surface area contributed by atoms with E-state index in [1.165, 1.54) is 19.3 Å². The molecular weight excluding hydrogens is 240 g/mol. The van der Waals surface area contributed by atoms with Crippen LogP contribution in [0.2, 0.25) is 0 Å². The Morgan fingerprint density at radius 1 is 1.05 bits per heavy atom. The molecule has 1 unspecified atom stereocenters. The minimum Gasteiger partial charge on any atom is -0.342 e. The smallest absolute Gasteiger partial charge is 0.236 e. The predicted molar refractivity (Wildman–Crippen MR) is 77.0 cm³/mol. The molecule has 0 saturated carbocycles. The molecule has 1 atom stereocenters. The highest BCUT2D eigenvalue weighted by Gasteiger charge is 2.24. The van der Waals surface area contributed by atoms with Crippen molar-refractivity contribution in [3.8, 4) is 0 Å². The molecule has 0 aromatic carbocycles. The maximum absolute atomic E-state index is 12.2. The number of amides is 1. The van der Waals surface area contributed by atoms with Gasteiger partial charge in [0, 0.05) is 39.3 Å². The number of piperidine rings is 1. The van der Waals surface area contributed by atoms with E-state index in [9.17, 15) is 4.79 Å². The Balaban J connectivity index is 1.71. The van der Waals surface area contributed by atoms with Gasteiger partial charge in [-0.25, -0.2) is 0 Å². The van der Waals surface area contributed by atoms with Crippen LogP contribution >= 0.6 is 0 Å². The molecule has 1 N–H and O–H groups in total. The quantitative estimate of drug-likeness (QED) is 0.789. The summed E-state index contributed by atoms with van der Waals surface area (Å²) >= 11 is 0. The molecule has 5 nitrogen and oxygen atoms in total. The van der Waals surface area contributed by atoms with E-state index in [1.807, 2.05) is 11.9 Å². The molecule has 2 heterocycles. The van der Waals surface area contributed by atoms with Crippen LogP contribution in [-0.2, 0) is 4.79 Å². The lowest BCUT2D eigenvalue weighted by atomic mass is 10.1. The highest BCUT2D eigenvalue weighted by atomic mass is 16.2. The third-order valence-corrected chi connectivity index (χ3v) is 4.44. The van der Waals surface area contributed by atoms with E-state index in [2.05, 4.69) is 22.0 Å². The lowest BCUT2D eigenvalue weighted by molar-refractivity contribution is -0.133. The molecule has 5 heteroatoms. The summed E-state index contributed by atoms with van der Waals surface area (Å²) in [5.41, 5.74) is 0.